The molecule has 0 amide bonds. The van der Waals surface area contributed by atoms with Crippen LogP contribution in [-0.4, -0.2) is 74.7 Å². The number of carbonyl (C=O) groups excluding carboxylic acids is 2. The Balaban J connectivity index is 2.19. The van der Waals surface area contributed by atoms with Gasteiger partial charge in [-0.25, -0.2) is 4.57 Å². The number of carbonyl (C=O) groups is 2. The second kappa shape index (κ2) is 37.0. The van der Waals surface area contributed by atoms with Gasteiger partial charge in [0.2, 0.25) is 0 Å². The summed E-state index contributed by atoms with van der Waals surface area (Å²) in [6.07, 6.45) is 37.1. The van der Waals surface area contributed by atoms with Crippen molar-refractivity contribution in [1.29, 1.82) is 0 Å². The first-order valence-corrected chi connectivity index (χ1v) is 25.4. The van der Waals surface area contributed by atoms with E-state index in [1.165, 1.54) is 109 Å². The summed E-state index contributed by atoms with van der Waals surface area (Å²) >= 11 is 0. The van der Waals surface area contributed by atoms with Crippen molar-refractivity contribution in [2.45, 2.75) is 237 Å². The molecule has 12 heteroatoms. The summed E-state index contributed by atoms with van der Waals surface area (Å²) in [4.78, 5) is 43.2. The zero-order valence-corrected chi connectivity index (χ0v) is 38.1. The minimum atomic E-state index is -4.82. The van der Waals surface area contributed by atoms with Gasteiger partial charge in [0.15, 0.2) is 6.10 Å². The zero-order chi connectivity index (χ0) is 43.4. The highest BCUT2D eigenvalue weighted by atomic mass is 31.2. The molecule has 0 aromatic rings. The molecule has 0 unspecified atom stereocenters. The molecule has 0 spiro atoms. The largest absolute Gasteiger partial charge is 0.469 e. The third-order valence-corrected chi connectivity index (χ3v) is 12.0. The van der Waals surface area contributed by atoms with Gasteiger partial charge < -0.3 is 34.6 Å². The third kappa shape index (κ3) is 32.7. The van der Waals surface area contributed by atoms with Gasteiger partial charge in [0.1, 0.15) is 6.61 Å². The first kappa shape index (κ1) is 55.4. The van der Waals surface area contributed by atoms with Crippen molar-refractivity contribution in [2.24, 2.45) is 11.8 Å². The van der Waals surface area contributed by atoms with Gasteiger partial charge >= 0.3 is 19.8 Å². The fourth-order valence-corrected chi connectivity index (χ4v) is 8.26. The average molecular weight is 859 g/mol. The number of phosphoric acid groups is 1. The van der Waals surface area contributed by atoms with E-state index in [9.17, 15) is 29.5 Å². The van der Waals surface area contributed by atoms with Crippen LogP contribution in [0.3, 0.4) is 0 Å². The number of esters is 2. The molecule has 0 aromatic heterocycles. The topological polar surface area (TPSA) is 180 Å². The summed E-state index contributed by atoms with van der Waals surface area (Å²) in [6.45, 7) is 3.41. The van der Waals surface area contributed by atoms with Gasteiger partial charge in [-0.2, -0.15) is 0 Å². The first-order valence-electron chi connectivity index (χ1n) is 23.9. The molecule has 0 saturated heterocycles. The van der Waals surface area contributed by atoms with Crippen LogP contribution in [-0.2, 0) is 28.2 Å². The lowest BCUT2D eigenvalue weighted by Gasteiger charge is -2.19. The molecule has 1 rings (SSSR count). The molecular weight excluding hydrogens is 771 g/mol. The first-order chi connectivity index (χ1) is 28.5. The summed E-state index contributed by atoms with van der Waals surface area (Å²) in [5.41, 5.74) is 0. The smallest absolute Gasteiger partial charge is 0.462 e. The van der Waals surface area contributed by atoms with E-state index < -0.39 is 50.8 Å². The highest BCUT2D eigenvalue weighted by Gasteiger charge is 2.39. The van der Waals surface area contributed by atoms with Gasteiger partial charge in [0, 0.05) is 25.2 Å². The van der Waals surface area contributed by atoms with Crippen LogP contribution in [0.4, 0.5) is 0 Å². The molecular formula is C47H87O11P. The molecule has 1 saturated carbocycles. The molecule has 346 valence electrons. The molecule has 0 aliphatic heterocycles. The van der Waals surface area contributed by atoms with Crippen LogP contribution in [0.15, 0.2) is 24.3 Å². The predicted molar refractivity (Wildman–Crippen MR) is 237 cm³/mol. The lowest BCUT2D eigenvalue weighted by molar-refractivity contribution is -0.161. The summed E-state index contributed by atoms with van der Waals surface area (Å²) < 4.78 is 26.5. The van der Waals surface area contributed by atoms with E-state index >= 15 is 0 Å². The molecule has 0 aromatic carbocycles. The van der Waals surface area contributed by atoms with E-state index in [1.807, 2.05) is 18.2 Å². The lowest BCUT2D eigenvalue weighted by Crippen LogP contribution is -2.29. The van der Waals surface area contributed by atoms with Gasteiger partial charge in [-0.1, -0.05) is 186 Å². The van der Waals surface area contributed by atoms with Crippen LogP contribution >= 0.6 is 7.82 Å². The number of phosphoric ester groups is 1. The fourth-order valence-electron chi connectivity index (χ4n) is 7.90. The SMILES string of the molecule is CCCCCCCCCCCCCCCCCCCCCCCC(=O)O[C@H](COC(=O)CCC/C=C/C[C@@H]1[C@@H](/C=C/[C@@H](O)CCCCC)[C@H](O)C[C@@H]1O)COP(=O)(O)O. The number of aliphatic hydroxyl groups is 3. The van der Waals surface area contributed by atoms with Crippen LogP contribution in [0.25, 0.3) is 0 Å². The molecule has 1 aliphatic rings. The maximum Gasteiger partial charge on any atom is 0.469 e. The van der Waals surface area contributed by atoms with Crippen molar-refractivity contribution in [3.05, 3.63) is 24.3 Å². The third-order valence-electron chi connectivity index (χ3n) is 11.5. The van der Waals surface area contributed by atoms with Crippen molar-refractivity contribution < 1.29 is 53.3 Å². The van der Waals surface area contributed by atoms with E-state index in [0.29, 0.717) is 38.5 Å². The van der Waals surface area contributed by atoms with Crippen molar-refractivity contribution in [2.75, 3.05) is 13.2 Å². The predicted octanol–water partition coefficient (Wildman–Crippen LogP) is 11.1. The standard InChI is InChI=1S/C47H87O11P/c1-3-5-7-8-9-10-11-12-13-14-15-16-17-18-19-20-21-22-23-24-30-34-47(52)58-41(39-57-59(53,54)55)38-56-46(51)33-29-26-25-28-32-42-43(45(50)37-44(42)49)36-35-40(48)31-27-6-4-2/h25,28,35-36,40-45,48-50H,3-24,26-27,29-34,37-39H2,1-2H3,(H2,53,54,55)/b28-25+,36-35+/t40-,41+,42+,43+,44-,45+/m0/s1. The fraction of sp³-hybridized carbons (Fsp3) is 0.872. The van der Waals surface area contributed by atoms with E-state index in [1.54, 1.807) is 6.08 Å². The summed E-state index contributed by atoms with van der Waals surface area (Å²) in [5.74, 6) is -1.47. The van der Waals surface area contributed by atoms with Crippen molar-refractivity contribution in [1.82, 2.24) is 0 Å². The Labute approximate surface area is 358 Å². The van der Waals surface area contributed by atoms with Crippen LogP contribution in [0.2, 0.25) is 0 Å². The monoisotopic (exact) mass is 859 g/mol. The zero-order valence-electron chi connectivity index (χ0n) is 37.2. The highest BCUT2D eigenvalue weighted by Crippen LogP contribution is 2.37. The molecule has 1 aliphatic carbocycles. The summed E-state index contributed by atoms with van der Waals surface area (Å²) in [6, 6.07) is 0. The number of hydrogen-bond donors (Lipinski definition) is 5. The second-order valence-corrected chi connectivity index (χ2v) is 18.3. The molecule has 0 heterocycles. The number of unbranched alkanes of at least 4 members (excludes halogenated alkanes) is 23. The van der Waals surface area contributed by atoms with Gasteiger partial charge in [-0.05, 0) is 38.0 Å². The van der Waals surface area contributed by atoms with Gasteiger partial charge in [-0.15, -0.1) is 0 Å². The van der Waals surface area contributed by atoms with Gasteiger partial charge in [0.05, 0.1) is 24.9 Å². The molecule has 0 radical (unpaired) electrons. The Morgan fingerprint density at radius 3 is 1.66 bits per heavy atom. The Morgan fingerprint density at radius 2 is 1.14 bits per heavy atom. The van der Waals surface area contributed by atoms with Crippen LogP contribution < -0.4 is 0 Å². The number of ether oxygens (including phenoxy) is 2. The Bertz CT molecular complexity index is 1130. The van der Waals surface area contributed by atoms with Crippen molar-refractivity contribution >= 4 is 19.8 Å². The normalized spacial score (nSPS) is 19.5. The Morgan fingerprint density at radius 1 is 0.644 bits per heavy atom. The Hall–Kier alpha value is -1.59. The van der Waals surface area contributed by atoms with E-state index in [2.05, 4.69) is 18.4 Å². The quantitative estimate of drug-likeness (QED) is 0.0171. The lowest BCUT2D eigenvalue weighted by atomic mass is 9.89. The maximum atomic E-state index is 12.5. The van der Waals surface area contributed by atoms with E-state index in [4.69, 9.17) is 19.3 Å². The molecule has 1 fully saturated rings. The molecule has 11 nitrogen and oxygen atoms in total. The highest BCUT2D eigenvalue weighted by molar-refractivity contribution is 7.46. The van der Waals surface area contributed by atoms with Crippen molar-refractivity contribution in [3.8, 4) is 0 Å². The Kier molecular flexibility index (Phi) is 34.8. The van der Waals surface area contributed by atoms with Gasteiger partial charge in [-0.3, -0.25) is 14.1 Å². The van der Waals surface area contributed by atoms with Crippen LogP contribution in [0.5, 0.6) is 0 Å². The van der Waals surface area contributed by atoms with E-state index in [0.717, 1.165) is 38.5 Å². The minimum Gasteiger partial charge on any atom is -0.462 e. The van der Waals surface area contributed by atoms with Crippen LogP contribution in [0, 0.1) is 11.8 Å². The average Bonchev–Trinajstić information content (AvgIpc) is 3.47. The minimum absolute atomic E-state index is 0.0931. The number of hydrogen-bond acceptors (Lipinski definition) is 9. The van der Waals surface area contributed by atoms with Crippen LogP contribution in [0.1, 0.15) is 213 Å². The molecule has 5 N–H and O–H groups in total. The summed E-state index contributed by atoms with van der Waals surface area (Å²) in [7, 11) is -4.82. The molecule has 59 heavy (non-hydrogen) atoms. The number of rotatable bonds is 40. The number of allylic oxidation sites excluding steroid dienone is 2. The summed E-state index contributed by atoms with van der Waals surface area (Å²) in [5, 5.41) is 31.2. The van der Waals surface area contributed by atoms with E-state index in [-0.39, 0.29) is 31.3 Å². The number of aliphatic hydroxyl groups excluding tert-OH is 3. The maximum absolute atomic E-state index is 12.5. The second-order valence-electron chi connectivity index (χ2n) is 17.1. The molecule has 0 bridgehead atoms. The van der Waals surface area contributed by atoms with Crippen molar-refractivity contribution in [3.63, 3.8) is 0 Å². The van der Waals surface area contributed by atoms with Gasteiger partial charge in [0.25, 0.3) is 0 Å². The molecule has 6 atom stereocenters.